The van der Waals surface area contributed by atoms with Crippen LogP contribution in [0.5, 0.6) is 0 Å². The summed E-state index contributed by atoms with van der Waals surface area (Å²) >= 11 is 0. The highest BCUT2D eigenvalue weighted by atomic mass is 16.6. The number of ether oxygens (including phenoxy) is 2. The van der Waals surface area contributed by atoms with Crippen molar-refractivity contribution in [2.75, 3.05) is 19.7 Å². The van der Waals surface area contributed by atoms with E-state index in [-0.39, 0.29) is 25.4 Å². The second-order valence-electron chi connectivity index (χ2n) is 5.46. The van der Waals surface area contributed by atoms with Crippen LogP contribution in [0.4, 0.5) is 4.79 Å². The molecule has 1 atom stereocenters. The summed E-state index contributed by atoms with van der Waals surface area (Å²) in [4.78, 5) is 36.5. The zero-order valence-electron chi connectivity index (χ0n) is 11.9. The highest BCUT2D eigenvalue weighted by molar-refractivity contribution is 6.01. The molecule has 0 saturated carbocycles. The van der Waals surface area contributed by atoms with Gasteiger partial charge in [-0.1, -0.05) is 0 Å². The molecule has 0 bridgehead atoms. The largest absolute Gasteiger partial charge is 0.465 e. The van der Waals surface area contributed by atoms with E-state index in [0.29, 0.717) is 6.54 Å². The van der Waals surface area contributed by atoms with Gasteiger partial charge in [0.15, 0.2) is 5.78 Å². The van der Waals surface area contributed by atoms with Crippen LogP contribution < -0.4 is 0 Å². The van der Waals surface area contributed by atoms with Gasteiger partial charge in [0.05, 0.1) is 13.2 Å². The van der Waals surface area contributed by atoms with Gasteiger partial charge in [-0.15, -0.1) is 0 Å². The number of amides is 1. The maximum Gasteiger partial charge on any atom is 0.410 e. The van der Waals surface area contributed by atoms with Crippen molar-refractivity contribution in [2.45, 2.75) is 39.7 Å². The second-order valence-corrected chi connectivity index (χ2v) is 5.46. The molecule has 6 nitrogen and oxygen atoms in total. The van der Waals surface area contributed by atoms with E-state index in [0.717, 1.165) is 0 Å². The van der Waals surface area contributed by atoms with E-state index in [1.807, 2.05) is 0 Å². The molecule has 0 radical (unpaired) electrons. The normalized spacial score (nSPS) is 20.1. The third-order valence-electron chi connectivity index (χ3n) is 2.65. The van der Waals surface area contributed by atoms with Gasteiger partial charge in [-0.25, -0.2) is 4.79 Å². The summed E-state index contributed by atoms with van der Waals surface area (Å²) in [6.45, 7) is 7.45. The first kappa shape index (κ1) is 15.5. The first-order valence-corrected chi connectivity index (χ1v) is 6.42. The molecule has 108 valence electrons. The van der Waals surface area contributed by atoms with Crippen LogP contribution in [0.2, 0.25) is 0 Å². The highest BCUT2D eigenvalue weighted by Crippen LogP contribution is 2.18. The van der Waals surface area contributed by atoms with Gasteiger partial charge >= 0.3 is 12.1 Å². The van der Waals surface area contributed by atoms with Gasteiger partial charge in [-0.2, -0.15) is 0 Å². The van der Waals surface area contributed by atoms with Crippen molar-refractivity contribution in [3.05, 3.63) is 0 Å². The van der Waals surface area contributed by atoms with Crippen molar-refractivity contribution in [3.63, 3.8) is 0 Å². The second kappa shape index (κ2) is 6.04. The number of esters is 1. The summed E-state index contributed by atoms with van der Waals surface area (Å²) in [7, 11) is 0. The van der Waals surface area contributed by atoms with Crippen molar-refractivity contribution >= 4 is 17.8 Å². The van der Waals surface area contributed by atoms with Crippen LogP contribution in [0.1, 0.15) is 34.1 Å². The minimum absolute atomic E-state index is 0.0988. The van der Waals surface area contributed by atoms with Crippen LogP contribution in [-0.4, -0.2) is 48.0 Å². The molecule has 0 aromatic carbocycles. The molecule has 0 spiro atoms. The zero-order chi connectivity index (χ0) is 14.6. The Balaban J connectivity index is 2.56. The highest BCUT2D eigenvalue weighted by Gasteiger charge is 2.36. The molecule has 0 aromatic heterocycles. The maximum atomic E-state index is 11.8. The maximum absolute atomic E-state index is 11.8. The van der Waals surface area contributed by atoms with Crippen molar-refractivity contribution in [1.29, 1.82) is 0 Å². The number of nitrogens with zero attached hydrogens (tertiary/aromatic N) is 1. The van der Waals surface area contributed by atoms with E-state index in [2.05, 4.69) is 0 Å². The fraction of sp³-hybridized carbons (Fsp3) is 0.769. The lowest BCUT2D eigenvalue weighted by atomic mass is 9.96. The molecule has 19 heavy (non-hydrogen) atoms. The monoisotopic (exact) mass is 271 g/mol. The van der Waals surface area contributed by atoms with E-state index >= 15 is 0 Å². The van der Waals surface area contributed by atoms with Crippen molar-refractivity contribution in [3.8, 4) is 0 Å². The third-order valence-corrected chi connectivity index (χ3v) is 2.65. The van der Waals surface area contributed by atoms with Gasteiger partial charge in [-0.05, 0) is 34.1 Å². The molecule has 1 aliphatic heterocycles. The molecule has 1 aliphatic rings. The average molecular weight is 271 g/mol. The first-order chi connectivity index (χ1) is 8.74. The Morgan fingerprint density at radius 2 is 2.00 bits per heavy atom. The van der Waals surface area contributed by atoms with Crippen molar-refractivity contribution in [2.24, 2.45) is 5.92 Å². The predicted octanol–water partition coefficient (Wildman–Crippen LogP) is 1.38. The number of rotatable bonds is 2. The van der Waals surface area contributed by atoms with Crippen LogP contribution in [0, 0.1) is 5.92 Å². The Labute approximate surface area is 113 Å². The summed E-state index contributed by atoms with van der Waals surface area (Å²) in [5, 5.41) is 0. The Bertz CT molecular complexity index is 372. The lowest BCUT2D eigenvalue weighted by molar-refractivity contribution is -0.153. The Morgan fingerprint density at radius 3 is 2.47 bits per heavy atom. The molecule has 0 aliphatic carbocycles. The third kappa shape index (κ3) is 4.54. The molecule has 0 aromatic rings. The molecule has 1 fully saturated rings. The molecular formula is C13H21NO5. The quantitative estimate of drug-likeness (QED) is 0.560. The minimum Gasteiger partial charge on any atom is -0.465 e. The van der Waals surface area contributed by atoms with E-state index in [4.69, 9.17) is 9.47 Å². The summed E-state index contributed by atoms with van der Waals surface area (Å²) in [5.41, 5.74) is -0.599. The summed E-state index contributed by atoms with van der Waals surface area (Å²) in [6, 6.07) is 0. The van der Waals surface area contributed by atoms with Crippen molar-refractivity contribution in [1.82, 2.24) is 4.90 Å². The number of carbonyl (C=O) groups is 3. The molecule has 1 amide bonds. The van der Waals surface area contributed by atoms with Gasteiger partial charge in [0, 0.05) is 6.54 Å². The van der Waals surface area contributed by atoms with Crippen LogP contribution in [0.15, 0.2) is 0 Å². The topological polar surface area (TPSA) is 72.9 Å². The molecule has 1 rings (SSSR count). The van der Waals surface area contributed by atoms with Gasteiger partial charge in [0.25, 0.3) is 0 Å². The Morgan fingerprint density at radius 1 is 1.37 bits per heavy atom. The predicted molar refractivity (Wildman–Crippen MR) is 67.6 cm³/mol. The van der Waals surface area contributed by atoms with E-state index in [1.165, 1.54) is 4.90 Å². The van der Waals surface area contributed by atoms with Crippen molar-refractivity contribution < 1.29 is 23.9 Å². The Kier molecular flexibility index (Phi) is 4.91. The number of piperidine rings is 1. The number of hydrogen-bond acceptors (Lipinski definition) is 5. The minimum atomic E-state index is -0.751. The molecule has 6 heteroatoms. The van der Waals surface area contributed by atoms with Gasteiger partial charge in [0.2, 0.25) is 0 Å². The average Bonchev–Trinajstić information content (AvgIpc) is 2.26. The molecule has 0 unspecified atom stereocenters. The van der Waals surface area contributed by atoms with Crippen LogP contribution >= 0.6 is 0 Å². The number of hydrogen-bond donors (Lipinski definition) is 0. The number of ketones is 1. The van der Waals surface area contributed by atoms with Gasteiger partial charge < -0.3 is 14.4 Å². The van der Waals surface area contributed by atoms with Gasteiger partial charge in [-0.3, -0.25) is 9.59 Å². The fourth-order valence-electron chi connectivity index (χ4n) is 1.80. The van der Waals surface area contributed by atoms with Crippen LogP contribution in [0.25, 0.3) is 0 Å². The summed E-state index contributed by atoms with van der Waals surface area (Å²) in [5.74, 6) is -1.55. The Hall–Kier alpha value is -1.59. The van der Waals surface area contributed by atoms with Crippen LogP contribution in [-0.2, 0) is 19.1 Å². The van der Waals surface area contributed by atoms with E-state index in [1.54, 1.807) is 27.7 Å². The zero-order valence-corrected chi connectivity index (χ0v) is 11.9. The lowest BCUT2D eigenvalue weighted by Gasteiger charge is -2.31. The van der Waals surface area contributed by atoms with Crippen LogP contribution in [0.3, 0.4) is 0 Å². The lowest BCUT2D eigenvalue weighted by Crippen LogP contribution is -2.48. The molecular weight excluding hydrogens is 250 g/mol. The van der Waals surface area contributed by atoms with E-state index < -0.39 is 23.6 Å². The number of likely N-dealkylation sites (tertiary alicyclic amines) is 1. The molecule has 1 saturated heterocycles. The smallest absolute Gasteiger partial charge is 0.410 e. The first-order valence-electron chi connectivity index (χ1n) is 6.42. The van der Waals surface area contributed by atoms with Gasteiger partial charge in [0.1, 0.15) is 11.5 Å². The number of carbonyl (C=O) groups excluding carboxylic acids is 3. The fourth-order valence-corrected chi connectivity index (χ4v) is 1.80. The van der Waals surface area contributed by atoms with E-state index in [9.17, 15) is 14.4 Å². The molecule has 1 heterocycles. The number of Topliss-reactive ketones (excluding diaryl/α,β-unsaturated/α-hetero) is 1. The SMILES string of the molecule is CCOC(=O)[C@H]1CCN(C(=O)OC(C)(C)C)CC1=O. The summed E-state index contributed by atoms with van der Waals surface area (Å²) in [6.07, 6.45) is -0.236. The molecule has 0 N–H and O–H groups in total. The standard InChI is InChI=1S/C13H21NO5/c1-5-18-11(16)9-6-7-14(8-10(9)15)12(17)19-13(2,3)4/h9H,5-8H2,1-4H3/t9-/m0/s1. The summed E-state index contributed by atoms with van der Waals surface area (Å²) < 4.78 is 10.0.